The van der Waals surface area contributed by atoms with Crippen LogP contribution in [0.1, 0.15) is 45.1 Å². The Morgan fingerprint density at radius 2 is 2.00 bits per heavy atom. The number of nitrogens with one attached hydrogen (secondary N) is 2. The van der Waals surface area contributed by atoms with Gasteiger partial charge in [0.2, 0.25) is 5.95 Å². The summed E-state index contributed by atoms with van der Waals surface area (Å²) >= 11 is 0. The number of carboxylic acids is 1. The van der Waals surface area contributed by atoms with Crippen molar-refractivity contribution >= 4 is 36.6 Å². The lowest BCUT2D eigenvalue weighted by atomic mass is 10.1. The molecule has 1 fully saturated rings. The number of nitrogen functional groups attached to an aromatic ring is 1. The highest BCUT2D eigenvalue weighted by molar-refractivity contribution is 7.52. The summed E-state index contributed by atoms with van der Waals surface area (Å²) in [5, 5.41) is 15.3. The van der Waals surface area contributed by atoms with Crippen molar-refractivity contribution in [3.63, 3.8) is 0 Å². The monoisotopic (exact) mass is 541 g/mol. The summed E-state index contributed by atoms with van der Waals surface area (Å²) in [7, 11) is -3.98. The van der Waals surface area contributed by atoms with Gasteiger partial charge in [-0.3, -0.25) is 9.32 Å². The number of aliphatic carboxylic acids is 1. The van der Waals surface area contributed by atoms with E-state index in [2.05, 4.69) is 25.4 Å². The fraction of sp³-hybridized carbons (Fsp3) is 0.440. The number of imidazole rings is 1. The third kappa shape index (κ3) is 5.98. The van der Waals surface area contributed by atoms with E-state index in [1.165, 1.54) is 19.8 Å². The smallest absolute Gasteiger partial charge is 0.459 e. The molecule has 0 bridgehead atoms. The van der Waals surface area contributed by atoms with Gasteiger partial charge in [-0.05, 0) is 38.3 Å². The number of fused-ring (bicyclic) bond motifs is 1. The van der Waals surface area contributed by atoms with E-state index in [1.54, 1.807) is 36.7 Å². The van der Waals surface area contributed by atoms with Crippen molar-refractivity contribution < 1.29 is 23.5 Å². The van der Waals surface area contributed by atoms with Crippen LogP contribution in [-0.2, 0) is 13.9 Å². The summed E-state index contributed by atoms with van der Waals surface area (Å²) in [5.41, 5.74) is 7.35. The van der Waals surface area contributed by atoms with Crippen LogP contribution in [-0.4, -0.2) is 49.3 Å². The van der Waals surface area contributed by atoms with Gasteiger partial charge < -0.3 is 25.2 Å². The molecule has 5 rings (SSSR count). The fourth-order valence-electron chi connectivity index (χ4n) is 4.82. The average molecular weight is 542 g/mol. The Kier molecular flexibility index (Phi) is 7.64. The zero-order chi connectivity index (χ0) is 26.7. The van der Waals surface area contributed by atoms with Crippen LogP contribution in [0.4, 0.5) is 11.8 Å². The molecule has 0 spiro atoms. The number of benzene rings is 1. The normalized spacial score (nSPS) is 21.9. The van der Waals surface area contributed by atoms with E-state index in [0.717, 1.165) is 12.8 Å². The summed E-state index contributed by atoms with van der Waals surface area (Å²) in [5.74, 6) is -0.120. The molecule has 5 N–H and O–H groups in total. The highest BCUT2D eigenvalue weighted by atomic mass is 31.2. The minimum atomic E-state index is -3.98. The van der Waals surface area contributed by atoms with Gasteiger partial charge in [0, 0.05) is 12.0 Å². The predicted molar refractivity (Wildman–Crippen MR) is 143 cm³/mol. The number of carboxylic acid groups (broad SMARTS) is 1. The number of para-hydroxylation sites is 1. The number of allylic oxidation sites excluding steroid dienone is 1. The second-order valence-corrected chi connectivity index (χ2v) is 11.4. The largest absolute Gasteiger partial charge is 0.480 e. The molecule has 202 valence electrons. The number of rotatable bonds is 11. The van der Waals surface area contributed by atoms with E-state index < -0.39 is 19.8 Å². The summed E-state index contributed by atoms with van der Waals surface area (Å²) in [6, 6.07) is 7.66. The van der Waals surface area contributed by atoms with Crippen LogP contribution < -0.4 is 20.7 Å². The maximum Gasteiger partial charge on any atom is 0.459 e. The van der Waals surface area contributed by atoms with Crippen LogP contribution in [0.3, 0.4) is 0 Å². The van der Waals surface area contributed by atoms with Gasteiger partial charge in [0.25, 0.3) is 0 Å². The number of hydrogen-bond acceptors (Lipinski definition) is 9. The molecule has 0 amide bonds. The fourth-order valence-corrected chi connectivity index (χ4v) is 6.37. The Labute approximate surface area is 220 Å². The Bertz CT molecular complexity index is 1360. The molecule has 12 nitrogen and oxygen atoms in total. The van der Waals surface area contributed by atoms with Crippen molar-refractivity contribution in [2.75, 3.05) is 17.7 Å². The molecule has 0 radical (unpaired) electrons. The van der Waals surface area contributed by atoms with Gasteiger partial charge in [-0.2, -0.15) is 15.1 Å². The van der Waals surface area contributed by atoms with E-state index >= 15 is 0 Å². The topological polar surface area (TPSA) is 167 Å². The number of nitrogens with two attached hydrogens (primary N) is 1. The molecule has 1 unspecified atom stereocenters. The maximum atomic E-state index is 13.5. The number of aromatic nitrogens is 4. The molecule has 2 aliphatic carbocycles. The van der Waals surface area contributed by atoms with Crippen molar-refractivity contribution in [2.45, 2.75) is 57.2 Å². The minimum absolute atomic E-state index is 0.0642. The van der Waals surface area contributed by atoms with E-state index in [1.807, 2.05) is 16.7 Å². The summed E-state index contributed by atoms with van der Waals surface area (Å²) in [4.78, 5) is 24.8. The molecule has 0 saturated heterocycles. The number of carbonyl (C=O) groups is 1. The van der Waals surface area contributed by atoms with Crippen molar-refractivity contribution in [3.8, 4) is 5.75 Å². The predicted octanol–water partition coefficient (Wildman–Crippen LogP) is 4.15. The van der Waals surface area contributed by atoms with Gasteiger partial charge in [-0.15, -0.1) is 0 Å². The third-order valence-electron chi connectivity index (χ3n) is 6.79. The molecule has 0 aliphatic heterocycles. The van der Waals surface area contributed by atoms with Crippen molar-refractivity contribution in [3.05, 3.63) is 48.8 Å². The quantitative estimate of drug-likeness (QED) is 0.203. The highest BCUT2D eigenvalue weighted by Crippen LogP contribution is 2.46. The van der Waals surface area contributed by atoms with Gasteiger partial charge in [-0.25, -0.2) is 9.55 Å². The molecule has 2 aromatic heterocycles. The molecule has 1 saturated carbocycles. The summed E-state index contributed by atoms with van der Waals surface area (Å²) in [6.45, 7) is 1.44. The Morgan fingerprint density at radius 3 is 2.74 bits per heavy atom. The highest BCUT2D eigenvalue weighted by Gasteiger charge is 2.33. The van der Waals surface area contributed by atoms with E-state index in [-0.39, 0.29) is 24.5 Å². The minimum Gasteiger partial charge on any atom is -0.480 e. The van der Waals surface area contributed by atoms with Crippen molar-refractivity contribution in [1.29, 1.82) is 0 Å². The Balaban J connectivity index is 1.27. The van der Waals surface area contributed by atoms with E-state index in [0.29, 0.717) is 35.2 Å². The SMILES string of the molecule is CC(N[P@](=O)(OC[C@@H]1C=C[C@H](n2cnc3c(NC4CCCC4)nc(N)nc32)C1)Oc1ccccc1)C(=O)O. The van der Waals surface area contributed by atoms with Crippen LogP contribution >= 0.6 is 7.75 Å². The number of nitrogens with zero attached hydrogens (tertiary/aromatic N) is 4. The van der Waals surface area contributed by atoms with E-state index in [4.69, 9.17) is 14.8 Å². The summed E-state index contributed by atoms with van der Waals surface area (Å²) < 4.78 is 26.7. The van der Waals surface area contributed by atoms with Gasteiger partial charge >= 0.3 is 13.7 Å². The average Bonchev–Trinajstić information content (AvgIpc) is 3.64. The number of hydrogen-bond donors (Lipinski definition) is 4. The molecular weight excluding hydrogens is 509 g/mol. The Morgan fingerprint density at radius 1 is 1.24 bits per heavy atom. The lowest BCUT2D eigenvalue weighted by Gasteiger charge is -2.23. The van der Waals surface area contributed by atoms with Gasteiger partial charge in [0.1, 0.15) is 11.8 Å². The van der Waals surface area contributed by atoms with Crippen LogP contribution in [0.15, 0.2) is 48.8 Å². The standard InChI is InChI=1S/C25H32N7O5P/c1-16(24(33)34)31-38(35,37-20-9-3-2-4-10-20)36-14-17-11-12-19(13-17)32-15-27-21-22(28-18-7-5-6-8-18)29-25(26)30-23(21)32/h2-4,9-12,15-19H,5-8,13-14H2,1H3,(H,31,35)(H,33,34)(H3,26,28,29,30)/t16?,17-,19+,38+/m1/s1. The third-order valence-corrected chi connectivity index (χ3v) is 8.43. The second kappa shape index (κ2) is 11.1. The first-order valence-corrected chi connectivity index (χ1v) is 14.3. The lowest BCUT2D eigenvalue weighted by molar-refractivity contribution is -0.138. The van der Waals surface area contributed by atoms with Crippen molar-refractivity contribution in [1.82, 2.24) is 24.6 Å². The van der Waals surface area contributed by atoms with Gasteiger partial charge in [-0.1, -0.05) is 43.2 Å². The zero-order valence-corrected chi connectivity index (χ0v) is 22.0. The molecule has 1 aromatic carbocycles. The second-order valence-electron chi connectivity index (χ2n) is 9.71. The van der Waals surface area contributed by atoms with Crippen LogP contribution in [0.25, 0.3) is 11.2 Å². The molecule has 4 atom stereocenters. The van der Waals surface area contributed by atoms with Crippen LogP contribution in [0, 0.1) is 5.92 Å². The summed E-state index contributed by atoms with van der Waals surface area (Å²) in [6.07, 6.45) is 10.9. The zero-order valence-electron chi connectivity index (χ0n) is 21.1. The molecule has 3 aromatic rings. The molecule has 2 heterocycles. The Hall–Kier alpha value is -3.47. The molecule has 2 aliphatic rings. The van der Waals surface area contributed by atoms with E-state index in [9.17, 15) is 14.5 Å². The van der Waals surface area contributed by atoms with Gasteiger partial charge in [0.05, 0.1) is 19.0 Å². The first-order chi connectivity index (χ1) is 18.3. The van der Waals surface area contributed by atoms with Gasteiger partial charge in [0.15, 0.2) is 17.0 Å². The molecule has 38 heavy (non-hydrogen) atoms. The molecular formula is C25H32N7O5P. The van der Waals surface area contributed by atoms with Crippen molar-refractivity contribution in [2.24, 2.45) is 5.92 Å². The first-order valence-electron chi connectivity index (χ1n) is 12.7. The number of anilines is 2. The molecule has 13 heteroatoms. The maximum absolute atomic E-state index is 13.5. The van der Waals surface area contributed by atoms with Crippen LogP contribution in [0.2, 0.25) is 0 Å². The lowest BCUT2D eigenvalue weighted by Crippen LogP contribution is -2.33. The van der Waals surface area contributed by atoms with Crippen LogP contribution in [0.5, 0.6) is 5.75 Å². The first kappa shape index (κ1) is 26.1.